The van der Waals surface area contributed by atoms with Crippen LogP contribution < -0.4 is 15.5 Å². The molecule has 1 aliphatic heterocycles. The number of amides is 2. The molecule has 1 aromatic heterocycles. The summed E-state index contributed by atoms with van der Waals surface area (Å²) < 4.78 is 0. The highest BCUT2D eigenvalue weighted by atomic mass is 35.5. The number of nitro groups is 1. The number of nitro benzene ring substituents is 1. The molecule has 0 saturated carbocycles. The lowest BCUT2D eigenvalue weighted by Crippen LogP contribution is -2.55. The number of rotatable bonds is 7. The monoisotopic (exact) mass is 460 g/mol. The van der Waals surface area contributed by atoms with Crippen molar-refractivity contribution >= 4 is 35.1 Å². The van der Waals surface area contributed by atoms with E-state index in [9.17, 15) is 19.7 Å². The highest BCUT2D eigenvalue weighted by molar-refractivity contribution is 6.32. The van der Waals surface area contributed by atoms with Crippen molar-refractivity contribution in [1.82, 2.24) is 20.6 Å². The molecule has 0 bridgehead atoms. The van der Waals surface area contributed by atoms with Crippen LogP contribution in [0.4, 0.5) is 11.6 Å². The zero-order valence-electron chi connectivity index (χ0n) is 17.8. The van der Waals surface area contributed by atoms with Crippen LogP contribution in [0.25, 0.3) is 0 Å². The molecule has 32 heavy (non-hydrogen) atoms. The van der Waals surface area contributed by atoms with Gasteiger partial charge < -0.3 is 15.5 Å². The number of carbonyl (C=O) groups excluding carboxylic acids is 2. The number of benzene rings is 1. The number of aromatic nitrogens is 2. The summed E-state index contributed by atoms with van der Waals surface area (Å²) in [7, 11) is 0. The zero-order chi connectivity index (χ0) is 23.3. The van der Waals surface area contributed by atoms with Gasteiger partial charge in [-0.05, 0) is 37.0 Å². The Labute approximate surface area is 190 Å². The first-order valence-electron chi connectivity index (χ1n) is 10.3. The maximum atomic E-state index is 13.0. The Morgan fingerprint density at radius 3 is 2.66 bits per heavy atom. The van der Waals surface area contributed by atoms with E-state index in [1.807, 2.05) is 18.7 Å². The summed E-state index contributed by atoms with van der Waals surface area (Å²) in [5.74, 6) is -0.470. The van der Waals surface area contributed by atoms with Crippen molar-refractivity contribution in [3.8, 4) is 0 Å². The van der Waals surface area contributed by atoms with E-state index in [2.05, 4.69) is 20.6 Å². The van der Waals surface area contributed by atoms with Crippen LogP contribution in [0.5, 0.6) is 0 Å². The Morgan fingerprint density at radius 1 is 1.28 bits per heavy atom. The van der Waals surface area contributed by atoms with Gasteiger partial charge in [0, 0.05) is 43.2 Å². The molecule has 0 aliphatic carbocycles. The van der Waals surface area contributed by atoms with Crippen LogP contribution >= 0.6 is 11.6 Å². The van der Waals surface area contributed by atoms with Crippen molar-refractivity contribution in [2.75, 3.05) is 18.0 Å². The molecule has 0 spiro atoms. The van der Waals surface area contributed by atoms with Gasteiger partial charge in [0.25, 0.3) is 11.6 Å². The van der Waals surface area contributed by atoms with Gasteiger partial charge in [-0.1, -0.05) is 25.4 Å². The van der Waals surface area contributed by atoms with Crippen molar-refractivity contribution < 1.29 is 14.5 Å². The summed E-state index contributed by atoms with van der Waals surface area (Å²) in [5.41, 5.74) is -0.306. The molecule has 11 heteroatoms. The third kappa shape index (κ3) is 5.70. The van der Waals surface area contributed by atoms with Crippen molar-refractivity contribution in [2.45, 2.75) is 38.8 Å². The first-order chi connectivity index (χ1) is 15.3. The van der Waals surface area contributed by atoms with Crippen molar-refractivity contribution in [1.29, 1.82) is 0 Å². The smallest absolute Gasteiger partial charge is 0.288 e. The second-order valence-electron chi connectivity index (χ2n) is 7.96. The van der Waals surface area contributed by atoms with E-state index in [-0.39, 0.29) is 34.1 Å². The maximum absolute atomic E-state index is 13.0. The van der Waals surface area contributed by atoms with Gasteiger partial charge in [0.2, 0.25) is 11.9 Å². The van der Waals surface area contributed by atoms with Crippen molar-refractivity contribution in [3.05, 3.63) is 57.4 Å². The summed E-state index contributed by atoms with van der Waals surface area (Å²) in [6, 6.07) is 4.61. The fourth-order valence-electron chi connectivity index (χ4n) is 3.58. The Hall–Kier alpha value is -3.27. The molecule has 2 atom stereocenters. The second-order valence-corrected chi connectivity index (χ2v) is 8.37. The van der Waals surface area contributed by atoms with Gasteiger partial charge in [0.15, 0.2) is 0 Å². The van der Waals surface area contributed by atoms with Gasteiger partial charge in [0.1, 0.15) is 11.1 Å². The summed E-state index contributed by atoms with van der Waals surface area (Å²) in [6.45, 7) is 5.01. The summed E-state index contributed by atoms with van der Waals surface area (Å²) in [4.78, 5) is 46.7. The molecule has 2 heterocycles. The number of hydrogen-bond donors (Lipinski definition) is 2. The molecule has 1 aromatic carbocycles. The zero-order valence-corrected chi connectivity index (χ0v) is 18.6. The minimum absolute atomic E-state index is 0.0598. The molecule has 2 N–H and O–H groups in total. The van der Waals surface area contributed by atoms with E-state index in [0.29, 0.717) is 12.5 Å². The predicted molar refractivity (Wildman–Crippen MR) is 120 cm³/mol. The number of nitrogens with one attached hydrogen (secondary N) is 2. The summed E-state index contributed by atoms with van der Waals surface area (Å²) in [6.07, 6.45) is 5.03. The van der Waals surface area contributed by atoms with Gasteiger partial charge in [0.05, 0.1) is 4.92 Å². The second kappa shape index (κ2) is 10.4. The van der Waals surface area contributed by atoms with E-state index >= 15 is 0 Å². The van der Waals surface area contributed by atoms with Crippen LogP contribution in [-0.4, -0.2) is 51.9 Å². The predicted octanol–water partition coefficient (Wildman–Crippen LogP) is 2.58. The third-order valence-corrected chi connectivity index (χ3v) is 5.56. The number of anilines is 1. The van der Waals surface area contributed by atoms with E-state index in [1.165, 1.54) is 12.1 Å². The number of halogens is 1. The van der Waals surface area contributed by atoms with Crippen LogP contribution in [0.15, 0.2) is 36.7 Å². The van der Waals surface area contributed by atoms with E-state index in [4.69, 9.17) is 11.6 Å². The van der Waals surface area contributed by atoms with Crippen LogP contribution in [0.3, 0.4) is 0 Å². The molecule has 2 unspecified atom stereocenters. The van der Waals surface area contributed by atoms with Gasteiger partial charge in [-0.25, -0.2) is 9.97 Å². The molecular weight excluding hydrogens is 436 g/mol. The van der Waals surface area contributed by atoms with Gasteiger partial charge in [-0.3, -0.25) is 19.7 Å². The normalized spacial score (nSPS) is 17.0. The molecule has 0 radical (unpaired) electrons. The van der Waals surface area contributed by atoms with E-state index in [1.54, 1.807) is 18.5 Å². The maximum Gasteiger partial charge on any atom is 0.288 e. The molecule has 170 valence electrons. The molecule has 2 amide bonds. The number of hydrogen-bond acceptors (Lipinski definition) is 7. The van der Waals surface area contributed by atoms with E-state index < -0.39 is 16.9 Å². The van der Waals surface area contributed by atoms with Crippen molar-refractivity contribution in [2.24, 2.45) is 5.92 Å². The topological polar surface area (TPSA) is 130 Å². The Kier molecular flexibility index (Phi) is 7.57. The Morgan fingerprint density at radius 2 is 2.00 bits per heavy atom. The fraction of sp³-hybridized carbons (Fsp3) is 0.429. The van der Waals surface area contributed by atoms with Gasteiger partial charge >= 0.3 is 0 Å². The quantitative estimate of drug-likeness (QED) is 0.479. The molecule has 1 aliphatic rings. The fourth-order valence-corrected chi connectivity index (χ4v) is 3.76. The van der Waals surface area contributed by atoms with Crippen LogP contribution in [-0.2, 0) is 4.79 Å². The first-order valence-corrected chi connectivity index (χ1v) is 10.7. The molecular formula is C21H25ClN6O4. The molecule has 1 saturated heterocycles. The lowest BCUT2D eigenvalue weighted by molar-refractivity contribution is -0.384. The Balaban J connectivity index is 1.66. The van der Waals surface area contributed by atoms with Crippen LogP contribution in [0.1, 0.15) is 37.0 Å². The third-order valence-electron chi connectivity index (χ3n) is 5.24. The summed E-state index contributed by atoms with van der Waals surface area (Å²) in [5, 5.41) is 16.7. The van der Waals surface area contributed by atoms with Crippen LogP contribution in [0, 0.1) is 16.0 Å². The molecule has 2 aromatic rings. The molecule has 3 rings (SSSR count). The Bertz CT molecular complexity index is 988. The number of carbonyl (C=O) groups is 2. The minimum Gasteiger partial charge on any atom is -0.350 e. The minimum atomic E-state index is -0.805. The van der Waals surface area contributed by atoms with Gasteiger partial charge in [-0.2, -0.15) is 0 Å². The van der Waals surface area contributed by atoms with Gasteiger partial charge in [-0.15, -0.1) is 0 Å². The average molecular weight is 461 g/mol. The lowest BCUT2D eigenvalue weighted by Gasteiger charge is -2.34. The molecule has 10 nitrogen and oxygen atoms in total. The van der Waals surface area contributed by atoms with Crippen LogP contribution in [0.2, 0.25) is 5.02 Å². The number of piperidine rings is 1. The highest BCUT2D eigenvalue weighted by Gasteiger charge is 2.29. The highest BCUT2D eigenvalue weighted by Crippen LogP contribution is 2.25. The average Bonchev–Trinajstić information content (AvgIpc) is 2.77. The SMILES string of the molecule is CC(C)C(NC(=O)c1ccc(Cl)c([N+](=O)[O-])c1)C(=O)NC1CCCN(c2ncccn2)C1. The lowest BCUT2D eigenvalue weighted by atomic mass is 10.0. The molecule has 1 fully saturated rings. The standard InChI is InChI=1S/C21H25ClN6O4/c1-13(2)18(26-19(29)14-6-7-16(22)17(11-14)28(31)32)20(30)25-15-5-3-10-27(12-15)21-23-8-4-9-24-21/h4,6-9,11,13,15,18H,3,5,10,12H2,1-2H3,(H,25,30)(H,26,29). The van der Waals surface area contributed by atoms with E-state index in [0.717, 1.165) is 25.5 Å². The first kappa shape index (κ1) is 23.4. The summed E-state index contributed by atoms with van der Waals surface area (Å²) >= 11 is 5.82. The number of nitrogens with zero attached hydrogens (tertiary/aromatic N) is 4. The largest absolute Gasteiger partial charge is 0.350 e. The van der Waals surface area contributed by atoms with Crippen molar-refractivity contribution in [3.63, 3.8) is 0 Å².